The van der Waals surface area contributed by atoms with Crippen LogP contribution in [0.2, 0.25) is 0 Å². The largest absolute Gasteiger partial charge is 0.459 e. The van der Waals surface area contributed by atoms with Gasteiger partial charge in [0.2, 0.25) is 0 Å². The third kappa shape index (κ3) is 4.40. The minimum atomic E-state index is -0.0435. The highest BCUT2D eigenvalue weighted by Crippen LogP contribution is 2.22. The first-order valence-corrected chi connectivity index (χ1v) is 9.96. The van der Waals surface area contributed by atoms with E-state index in [1.54, 1.807) is 18.5 Å². The van der Waals surface area contributed by atoms with E-state index in [2.05, 4.69) is 20.2 Å². The maximum Gasteiger partial charge on any atom is 0.289 e. The number of carbonyl (C=O) groups excluding carboxylic acids is 1. The average molecular weight is 369 g/mol. The van der Waals surface area contributed by atoms with Crippen molar-refractivity contribution < 1.29 is 9.21 Å². The van der Waals surface area contributed by atoms with Crippen LogP contribution in [0.5, 0.6) is 0 Å². The van der Waals surface area contributed by atoms with Gasteiger partial charge in [0, 0.05) is 38.3 Å². The number of carbonyl (C=O) groups is 1. The summed E-state index contributed by atoms with van der Waals surface area (Å²) >= 11 is 0. The summed E-state index contributed by atoms with van der Waals surface area (Å²) in [4.78, 5) is 25.3. The lowest BCUT2D eigenvalue weighted by Gasteiger charge is -2.35. The van der Waals surface area contributed by atoms with Crippen molar-refractivity contribution in [1.82, 2.24) is 14.9 Å². The molecule has 1 N–H and O–H groups in total. The van der Waals surface area contributed by atoms with Crippen molar-refractivity contribution in [2.75, 3.05) is 36.4 Å². The van der Waals surface area contributed by atoms with E-state index in [1.807, 2.05) is 11.0 Å². The summed E-state index contributed by atoms with van der Waals surface area (Å²) < 4.78 is 5.22. The van der Waals surface area contributed by atoms with Gasteiger partial charge in [-0.1, -0.05) is 25.7 Å². The Morgan fingerprint density at radius 3 is 2.56 bits per heavy atom. The summed E-state index contributed by atoms with van der Waals surface area (Å²) in [6.07, 6.45) is 10.9. The molecule has 0 spiro atoms. The number of furan rings is 1. The van der Waals surface area contributed by atoms with Crippen molar-refractivity contribution in [2.24, 2.45) is 0 Å². The van der Waals surface area contributed by atoms with E-state index in [-0.39, 0.29) is 5.91 Å². The Balaban J connectivity index is 1.35. The lowest BCUT2D eigenvalue weighted by molar-refractivity contribution is 0.0714. The molecule has 7 heteroatoms. The van der Waals surface area contributed by atoms with E-state index in [0.29, 0.717) is 24.9 Å². The number of aromatic nitrogens is 2. The standard InChI is InChI=1S/C20H27N5O2/c26-20(17-8-5-13-27-17)25-11-9-24(10-12-25)19-14-18(21-15-22-19)23-16-6-3-1-2-4-7-16/h5,8,13-16H,1-4,6-7,9-12H2,(H,21,22,23). The van der Waals surface area contributed by atoms with Crippen LogP contribution in [0.1, 0.15) is 49.1 Å². The Bertz CT molecular complexity index is 733. The van der Waals surface area contributed by atoms with Crippen LogP contribution < -0.4 is 10.2 Å². The summed E-state index contributed by atoms with van der Waals surface area (Å²) in [6.45, 7) is 2.84. The SMILES string of the molecule is O=C(c1ccco1)N1CCN(c2cc(NC3CCCCCC3)ncn2)CC1. The molecule has 0 bridgehead atoms. The van der Waals surface area contributed by atoms with Crippen LogP contribution in [0.3, 0.4) is 0 Å². The highest BCUT2D eigenvalue weighted by molar-refractivity contribution is 5.91. The molecule has 2 aliphatic rings. The van der Waals surface area contributed by atoms with E-state index >= 15 is 0 Å². The zero-order valence-corrected chi connectivity index (χ0v) is 15.6. The van der Waals surface area contributed by atoms with Gasteiger partial charge in [-0.25, -0.2) is 9.97 Å². The van der Waals surface area contributed by atoms with E-state index in [0.717, 1.165) is 24.7 Å². The molecule has 144 valence electrons. The molecule has 1 amide bonds. The zero-order valence-electron chi connectivity index (χ0n) is 15.6. The van der Waals surface area contributed by atoms with Crippen LogP contribution in [-0.2, 0) is 0 Å². The Labute approximate surface area is 159 Å². The zero-order chi connectivity index (χ0) is 18.5. The fourth-order valence-corrected chi connectivity index (χ4v) is 3.93. The van der Waals surface area contributed by atoms with Gasteiger partial charge in [-0.3, -0.25) is 4.79 Å². The van der Waals surface area contributed by atoms with Gasteiger partial charge < -0.3 is 19.5 Å². The van der Waals surface area contributed by atoms with Crippen LogP contribution in [-0.4, -0.2) is 53.0 Å². The number of nitrogens with zero attached hydrogens (tertiary/aromatic N) is 4. The minimum Gasteiger partial charge on any atom is -0.459 e. The molecule has 1 saturated heterocycles. The molecule has 0 atom stereocenters. The highest BCUT2D eigenvalue weighted by Gasteiger charge is 2.24. The first-order chi connectivity index (χ1) is 13.3. The van der Waals surface area contributed by atoms with E-state index in [9.17, 15) is 4.79 Å². The quantitative estimate of drug-likeness (QED) is 0.835. The molecule has 2 fully saturated rings. The Kier molecular flexibility index (Phi) is 5.55. The summed E-state index contributed by atoms with van der Waals surface area (Å²) in [5, 5.41) is 3.59. The molecule has 0 radical (unpaired) electrons. The maximum atomic E-state index is 12.4. The second-order valence-electron chi connectivity index (χ2n) is 7.35. The highest BCUT2D eigenvalue weighted by atomic mass is 16.3. The molecule has 4 rings (SSSR count). The second kappa shape index (κ2) is 8.41. The van der Waals surface area contributed by atoms with Crippen molar-refractivity contribution in [3.05, 3.63) is 36.5 Å². The molecule has 7 nitrogen and oxygen atoms in total. The molecular weight excluding hydrogens is 342 g/mol. The summed E-state index contributed by atoms with van der Waals surface area (Å²) in [5.74, 6) is 2.19. The van der Waals surface area contributed by atoms with Crippen molar-refractivity contribution in [3.8, 4) is 0 Å². The van der Waals surface area contributed by atoms with Crippen LogP contribution in [0.25, 0.3) is 0 Å². The number of amides is 1. The van der Waals surface area contributed by atoms with Gasteiger partial charge in [0.15, 0.2) is 5.76 Å². The van der Waals surface area contributed by atoms with Gasteiger partial charge >= 0.3 is 0 Å². The Morgan fingerprint density at radius 1 is 1.07 bits per heavy atom. The first kappa shape index (κ1) is 17.8. The topological polar surface area (TPSA) is 74.5 Å². The number of nitrogens with one attached hydrogen (secondary N) is 1. The lowest BCUT2D eigenvalue weighted by atomic mass is 10.1. The molecule has 2 aromatic rings. The van der Waals surface area contributed by atoms with Crippen molar-refractivity contribution in [1.29, 1.82) is 0 Å². The maximum absolute atomic E-state index is 12.4. The molecule has 2 aromatic heterocycles. The van der Waals surface area contributed by atoms with E-state index in [4.69, 9.17) is 4.42 Å². The number of hydrogen-bond donors (Lipinski definition) is 1. The molecule has 1 saturated carbocycles. The third-order valence-electron chi connectivity index (χ3n) is 5.48. The number of anilines is 2. The average Bonchev–Trinajstić information content (AvgIpc) is 3.13. The lowest BCUT2D eigenvalue weighted by Crippen LogP contribution is -2.49. The van der Waals surface area contributed by atoms with Gasteiger partial charge in [-0.15, -0.1) is 0 Å². The molecule has 27 heavy (non-hydrogen) atoms. The number of rotatable bonds is 4. The van der Waals surface area contributed by atoms with Crippen molar-refractivity contribution >= 4 is 17.5 Å². The van der Waals surface area contributed by atoms with Crippen LogP contribution in [0.4, 0.5) is 11.6 Å². The summed E-state index contributed by atoms with van der Waals surface area (Å²) in [5.41, 5.74) is 0. The van der Waals surface area contributed by atoms with Gasteiger partial charge in [0.05, 0.1) is 6.26 Å². The second-order valence-corrected chi connectivity index (χ2v) is 7.35. The van der Waals surface area contributed by atoms with E-state index < -0.39 is 0 Å². The normalized spacial score (nSPS) is 19.0. The molecule has 1 aliphatic carbocycles. The fourth-order valence-electron chi connectivity index (χ4n) is 3.93. The summed E-state index contributed by atoms with van der Waals surface area (Å²) in [7, 11) is 0. The predicted octanol–water partition coefficient (Wildman–Crippen LogP) is 3.17. The van der Waals surface area contributed by atoms with Gasteiger partial charge in [-0.05, 0) is 25.0 Å². The molecule has 3 heterocycles. The molecule has 1 aliphatic heterocycles. The Morgan fingerprint density at radius 2 is 1.85 bits per heavy atom. The van der Waals surface area contributed by atoms with Gasteiger partial charge in [0.1, 0.15) is 18.0 Å². The first-order valence-electron chi connectivity index (χ1n) is 9.96. The number of hydrogen-bond acceptors (Lipinski definition) is 6. The van der Waals surface area contributed by atoms with Crippen molar-refractivity contribution in [2.45, 2.75) is 44.6 Å². The summed E-state index contributed by atoms with van der Waals surface area (Å²) in [6, 6.07) is 6.00. The monoisotopic (exact) mass is 369 g/mol. The molecule has 0 aromatic carbocycles. The van der Waals surface area contributed by atoms with E-state index in [1.165, 1.54) is 44.8 Å². The smallest absolute Gasteiger partial charge is 0.289 e. The molecule has 0 unspecified atom stereocenters. The van der Waals surface area contributed by atoms with Crippen LogP contribution >= 0.6 is 0 Å². The third-order valence-corrected chi connectivity index (χ3v) is 5.48. The fraction of sp³-hybridized carbons (Fsp3) is 0.550. The van der Waals surface area contributed by atoms with Crippen LogP contribution in [0.15, 0.2) is 35.2 Å². The minimum absolute atomic E-state index is 0.0435. The predicted molar refractivity (Wildman–Crippen MR) is 104 cm³/mol. The number of piperazine rings is 1. The van der Waals surface area contributed by atoms with Gasteiger partial charge in [-0.2, -0.15) is 0 Å². The van der Waals surface area contributed by atoms with Gasteiger partial charge in [0.25, 0.3) is 5.91 Å². The molecular formula is C20H27N5O2. The van der Waals surface area contributed by atoms with Crippen molar-refractivity contribution in [3.63, 3.8) is 0 Å². The Hall–Kier alpha value is -2.57. The van der Waals surface area contributed by atoms with Crippen LogP contribution in [0, 0.1) is 0 Å².